The van der Waals surface area contributed by atoms with Crippen LogP contribution in [0.4, 0.5) is 0 Å². The molecule has 0 bridgehead atoms. The van der Waals surface area contributed by atoms with E-state index in [-0.39, 0.29) is 11.9 Å². The molecule has 4 rings (SSSR count). The highest BCUT2D eigenvalue weighted by molar-refractivity contribution is 5.35. The van der Waals surface area contributed by atoms with Crippen LogP contribution in [-0.4, -0.2) is 19.4 Å². The minimum Gasteiger partial charge on any atom is -0.356 e. The largest absolute Gasteiger partial charge is 0.356 e. The van der Waals surface area contributed by atoms with Crippen LogP contribution >= 0.6 is 0 Å². The Hall–Kier alpha value is -1.68. The second-order valence-corrected chi connectivity index (χ2v) is 7.28. The van der Waals surface area contributed by atoms with Crippen molar-refractivity contribution >= 4 is 0 Å². The Kier molecular flexibility index (Phi) is 4.89. The van der Waals surface area contributed by atoms with Crippen molar-refractivity contribution in [1.82, 2.24) is 5.32 Å². The van der Waals surface area contributed by atoms with Crippen molar-refractivity contribution in [2.45, 2.75) is 56.6 Å². The number of fused-ring (bicyclic) bond motifs is 2. The molecule has 3 heteroatoms. The highest BCUT2D eigenvalue weighted by Gasteiger charge is 2.43. The Labute approximate surface area is 150 Å². The number of methoxy groups -OCH3 is 1. The first-order valence-electron chi connectivity index (χ1n) is 9.35. The fourth-order valence-corrected chi connectivity index (χ4v) is 4.34. The lowest BCUT2D eigenvalue weighted by molar-refractivity contribution is -0.224. The van der Waals surface area contributed by atoms with Gasteiger partial charge in [0.05, 0.1) is 5.60 Å². The Morgan fingerprint density at radius 3 is 2.52 bits per heavy atom. The first-order chi connectivity index (χ1) is 12.3. The van der Waals surface area contributed by atoms with Crippen molar-refractivity contribution in [3.63, 3.8) is 0 Å². The Morgan fingerprint density at radius 2 is 1.76 bits per heavy atom. The molecule has 132 valence electrons. The first-order valence-corrected chi connectivity index (χ1v) is 9.35. The molecule has 0 unspecified atom stereocenters. The third kappa shape index (κ3) is 3.50. The molecule has 0 amide bonds. The summed E-state index contributed by atoms with van der Waals surface area (Å²) in [6, 6.07) is 19.9. The molecule has 2 aromatic rings. The van der Waals surface area contributed by atoms with Crippen molar-refractivity contribution in [3.8, 4) is 0 Å². The summed E-state index contributed by atoms with van der Waals surface area (Å²) in [6.45, 7) is 0.941. The smallest absolute Gasteiger partial charge is 0.162 e. The van der Waals surface area contributed by atoms with Crippen molar-refractivity contribution < 1.29 is 9.47 Å². The average Bonchev–Trinajstić information content (AvgIpc) is 2.68. The number of hydrogen-bond donors (Lipinski definition) is 1. The van der Waals surface area contributed by atoms with E-state index in [1.807, 2.05) is 0 Å². The summed E-state index contributed by atoms with van der Waals surface area (Å²) in [6.07, 6.45) is 5.11. The number of ether oxygens (including phenoxy) is 2. The Morgan fingerprint density at radius 1 is 1.04 bits per heavy atom. The van der Waals surface area contributed by atoms with Gasteiger partial charge in [-0.1, -0.05) is 54.6 Å². The lowest BCUT2D eigenvalue weighted by Gasteiger charge is -2.46. The number of benzene rings is 2. The van der Waals surface area contributed by atoms with Gasteiger partial charge in [0.25, 0.3) is 0 Å². The van der Waals surface area contributed by atoms with E-state index >= 15 is 0 Å². The third-order valence-corrected chi connectivity index (χ3v) is 5.75. The van der Waals surface area contributed by atoms with Gasteiger partial charge in [0.2, 0.25) is 0 Å². The third-order valence-electron chi connectivity index (χ3n) is 5.75. The predicted octanol–water partition coefficient (Wildman–Crippen LogP) is 4.16. The zero-order chi connectivity index (χ0) is 17.1. The molecular formula is C22H27NO2. The summed E-state index contributed by atoms with van der Waals surface area (Å²) in [5, 5.41) is 3.72. The van der Waals surface area contributed by atoms with E-state index in [9.17, 15) is 0 Å². The quantitative estimate of drug-likeness (QED) is 0.909. The predicted molar refractivity (Wildman–Crippen MR) is 99.2 cm³/mol. The summed E-state index contributed by atoms with van der Waals surface area (Å²) in [5.41, 5.74) is 3.95. The van der Waals surface area contributed by atoms with E-state index in [1.165, 1.54) is 16.7 Å². The maximum absolute atomic E-state index is 6.45. The normalized spacial score (nSPS) is 28.7. The van der Waals surface area contributed by atoms with Gasteiger partial charge < -0.3 is 14.8 Å². The number of nitrogens with one attached hydrogen (secondary N) is 1. The van der Waals surface area contributed by atoms with Crippen LogP contribution < -0.4 is 5.32 Å². The summed E-state index contributed by atoms with van der Waals surface area (Å²) in [4.78, 5) is 0. The Balaban J connectivity index is 1.43. The monoisotopic (exact) mass is 337 g/mol. The molecule has 1 aliphatic carbocycles. The fraction of sp³-hybridized carbons (Fsp3) is 0.455. The van der Waals surface area contributed by atoms with Crippen LogP contribution in [0, 0.1) is 0 Å². The van der Waals surface area contributed by atoms with E-state index in [0.29, 0.717) is 6.04 Å². The Bertz CT molecular complexity index is 692. The second kappa shape index (κ2) is 7.28. The maximum atomic E-state index is 6.45. The minimum absolute atomic E-state index is 0.122. The van der Waals surface area contributed by atoms with E-state index < -0.39 is 0 Å². The molecule has 0 radical (unpaired) electrons. The molecule has 1 atom stereocenters. The van der Waals surface area contributed by atoms with Gasteiger partial charge in [-0.25, -0.2) is 0 Å². The van der Waals surface area contributed by atoms with Gasteiger partial charge in [0, 0.05) is 26.1 Å². The minimum atomic E-state index is -0.166. The van der Waals surface area contributed by atoms with Crippen LogP contribution in [0.25, 0.3) is 0 Å². The van der Waals surface area contributed by atoms with Crippen molar-refractivity contribution in [2.75, 3.05) is 7.11 Å². The fourth-order valence-electron chi connectivity index (χ4n) is 4.34. The first kappa shape index (κ1) is 16.8. The maximum Gasteiger partial charge on any atom is 0.162 e. The summed E-state index contributed by atoms with van der Waals surface area (Å²) < 4.78 is 12.0. The molecular weight excluding hydrogens is 310 g/mol. The molecule has 3 nitrogen and oxygen atoms in total. The van der Waals surface area contributed by atoms with Crippen LogP contribution in [0.15, 0.2) is 54.6 Å². The standard InChI is InChI=1S/C22H27NO2/c1-24-21-15-18-9-5-6-10-20(18)22(25-21)13-11-19(12-14-22)23-16-17-7-3-2-4-8-17/h2-10,19,21,23H,11-16H2,1H3/t19?,21-,22?/m0/s1. The van der Waals surface area contributed by atoms with Gasteiger partial charge in [-0.05, 0) is 42.4 Å². The van der Waals surface area contributed by atoms with E-state index in [4.69, 9.17) is 9.47 Å². The highest BCUT2D eigenvalue weighted by atomic mass is 16.7. The molecule has 1 fully saturated rings. The zero-order valence-electron chi connectivity index (χ0n) is 14.9. The van der Waals surface area contributed by atoms with Crippen LogP contribution in [0.2, 0.25) is 0 Å². The lowest BCUT2D eigenvalue weighted by atomic mass is 9.74. The van der Waals surface area contributed by atoms with Gasteiger partial charge in [-0.3, -0.25) is 0 Å². The SMILES string of the molecule is CO[C@@H]1Cc2ccccc2C2(CCC(NCc3ccccc3)CC2)O1. The molecule has 1 saturated carbocycles. The van der Waals surface area contributed by atoms with Crippen molar-refractivity contribution in [3.05, 3.63) is 71.3 Å². The van der Waals surface area contributed by atoms with Gasteiger partial charge in [0.15, 0.2) is 6.29 Å². The number of rotatable bonds is 4. The molecule has 2 aliphatic rings. The van der Waals surface area contributed by atoms with Gasteiger partial charge >= 0.3 is 0 Å². The van der Waals surface area contributed by atoms with Gasteiger partial charge in [0.1, 0.15) is 0 Å². The molecule has 0 saturated heterocycles. The summed E-state index contributed by atoms with van der Waals surface area (Å²) in [5.74, 6) is 0. The van der Waals surface area contributed by atoms with Crippen molar-refractivity contribution in [1.29, 1.82) is 0 Å². The lowest BCUT2D eigenvalue weighted by Crippen LogP contribution is -2.46. The van der Waals surface area contributed by atoms with Gasteiger partial charge in [-0.15, -0.1) is 0 Å². The van der Waals surface area contributed by atoms with Crippen molar-refractivity contribution in [2.24, 2.45) is 0 Å². The second-order valence-electron chi connectivity index (χ2n) is 7.28. The molecule has 1 spiro atoms. The molecule has 25 heavy (non-hydrogen) atoms. The van der Waals surface area contributed by atoms with Crippen LogP contribution in [0.5, 0.6) is 0 Å². The molecule has 2 aromatic carbocycles. The molecule has 1 heterocycles. The zero-order valence-corrected chi connectivity index (χ0v) is 14.9. The summed E-state index contributed by atoms with van der Waals surface area (Å²) >= 11 is 0. The highest BCUT2D eigenvalue weighted by Crippen LogP contribution is 2.46. The topological polar surface area (TPSA) is 30.5 Å². The number of hydrogen-bond acceptors (Lipinski definition) is 3. The molecule has 1 aliphatic heterocycles. The van der Waals surface area contributed by atoms with E-state index in [0.717, 1.165) is 38.6 Å². The van der Waals surface area contributed by atoms with Gasteiger partial charge in [-0.2, -0.15) is 0 Å². The molecule has 0 aromatic heterocycles. The van der Waals surface area contributed by atoms with Crippen LogP contribution in [-0.2, 0) is 28.0 Å². The van der Waals surface area contributed by atoms with E-state index in [1.54, 1.807) is 7.11 Å². The summed E-state index contributed by atoms with van der Waals surface area (Å²) in [7, 11) is 1.75. The van der Waals surface area contributed by atoms with E-state index in [2.05, 4.69) is 59.9 Å². The molecule has 1 N–H and O–H groups in total. The average molecular weight is 337 g/mol. The van der Waals surface area contributed by atoms with Crippen LogP contribution in [0.3, 0.4) is 0 Å². The van der Waals surface area contributed by atoms with Crippen LogP contribution in [0.1, 0.15) is 42.4 Å².